The minimum atomic E-state index is -2.42. The number of hydrogen-bond donors (Lipinski definition) is 1. The van der Waals surface area contributed by atoms with Gasteiger partial charge in [-0.3, -0.25) is 0 Å². The van der Waals surface area contributed by atoms with Crippen molar-refractivity contribution in [2.24, 2.45) is 0 Å². The summed E-state index contributed by atoms with van der Waals surface area (Å²) in [6.07, 6.45) is -2.42. The van der Waals surface area contributed by atoms with Gasteiger partial charge in [0.15, 0.2) is 0 Å². The molecule has 20 heavy (non-hydrogen) atoms. The van der Waals surface area contributed by atoms with Crippen molar-refractivity contribution in [3.05, 3.63) is 69.7 Å². The molecule has 2 aromatic carbocycles. The largest absolute Gasteiger partial charge is 0.306 e. The van der Waals surface area contributed by atoms with Crippen LogP contribution in [0, 0.1) is 0 Å². The minimum Gasteiger partial charge on any atom is -0.306 e. The van der Waals surface area contributed by atoms with Crippen LogP contribution in [0.4, 0.5) is 8.78 Å². The first-order valence-electron chi connectivity index (χ1n) is 6.42. The fourth-order valence-electron chi connectivity index (χ4n) is 1.98. The zero-order valence-corrected chi connectivity index (χ0v) is 12.7. The molecule has 0 aromatic heterocycles. The number of hydrogen-bond acceptors (Lipinski definition) is 1. The Balaban J connectivity index is 1.97. The molecule has 0 aliphatic rings. The summed E-state index contributed by atoms with van der Waals surface area (Å²) in [6.45, 7) is 2.62. The third-order valence-corrected chi connectivity index (χ3v) is 3.71. The van der Waals surface area contributed by atoms with Gasteiger partial charge >= 0.3 is 0 Å². The topological polar surface area (TPSA) is 12.0 Å². The summed E-state index contributed by atoms with van der Waals surface area (Å²) < 4.78 is 26.3. The molecule has 0 bridgehead atoms. The average Bonchev–Trinajstić information content (AvgIpc) is 2.46. The molecule has 1 nitrogen and oxygen atoms in total. The Bertz CT molecular complexity index is 555. The first kappa shape index (κ1) is 15.1. The maximum Gasteiger partial charge on any atom is 0.263 e. The molecule has 0 aliphatic heterocycles. The number of rotatable bonds is 5. The Labute approximate surface area is 126 Å². The molecular formula is C16H16BrF2N. The van der Waals surface area contributed by atoms with Crippen LogP contribution in [0.5, 0.6) is 0 Å². The predicted molar refractivity (Wildman–Crippen MR) is 80.8 cm³/mol. The summed E-state index contributed by atoms with van der Waals surface area (Å²) in [5.41, 5.74) is 2.10. The summed E-state index contributed by atoms with van der Waals surface area (Å²) in [5, 5.41) is 3.34. The Morgan fingerprint density at radius 2 is 1.75 bits per heavy atom. The molecule has 0 fully saturated rings. The summed E-state index contributed by atoms with van der Waals surface area (Å²) in [7, 11) is 0. The average molecular weight is 340 g/mol. The monoisotopic (exact) mass is 339 g/mol. The highest BCUT2D eigenvalue weighted by atomic mass is 79.9. The van der Waals surface area contributed by atoms with Gasteiger partial charge in [-0.15, -0.1) is 0 Å². The van der Waals surface area contributed by atoms with Crippen molar-refractivity contribution in [2.75, 3.05) is 0 Å². The van der Waals surface area contributed by atoms with E-state index in [0.29, 0.717) is 6.54 Å². The van der Waals surface area contributed by atoms with E-state index < -0.39 is 6.43 Å². The summed E-state index contributed by atoms with van der Waals surface area (Å²) in [4.78, 5) is 0. The number of alkyl halides is 2. The van der Waals surface area contributed by atoms with Gasteiger partial charge in [-0.05, 0) is 36.2 Å². The Morgan fingerprint density at radius 3 is 2.40 bits per heavy atom. The van der Waals surface area contributed by atoms with Crippen molar-refractivity contribution in [1.29, 1.82) is 0 Å². The number of nitrogens with one attached hydrogen (secondary N) is 1. The molecule has 0 saturated heterocycles. The normalized spacial score (nSPS) is 12.7. The zero-order valence-electron chi connectivity index (χ0n) is 11.1. The molecule has 1 atom stereocenters. The van der Waals surface area contributed by atoms with E-state index in [9.17, 15) is 8.78 Å². The first-order valence-corrected chi connectivity index (χ1v) is 7.21. The third-order valence-electron chi connectivity index (χ3n) is 3.19. The van der Waals surface area contributed by atoms with E-state index in [4.69, 9.17) is 0 Å². The van der Waals surface area contributed by atoms with E-state index in [1.807, 2.05) is 30.3 Å². The highest BCUT2D eigenvalue weighted by molar-refractivity contribution is 9.10. The van der Waals surface area contributed by atoms with Gasteiger partial charge in [0.25, 0.3) is 6.43 Å². The van der Waals surface area contributed by atoms with Gasteiger partial charge < -0.3 is 5.32 Å². The van der Waals surface area contributed by atoms with E-state index in [1.54, 1.807) is 12.1 Å². The van der Waals surface area contributed by atoms with Crippen molar-refractivity contribution in [3.63, 3.8) is 0 Å². The van der Waals surface area contributed by atoms with Crippen LogP contribution in [-0.4, -0.2) is 0 Å². The van der Waals surface area contributed by atoms with Gasteiger partial charge in [-0.25, -0.2) is 8.78 Å². The van der Waals surface area contributed by atoms with Gasteiger partial charge in [0, 0.05) is 22.6 Å². The number of benzene rings is 2. The van der Waals surface area contributed by atoms with E-state index in [-0.39, 0.29) is 11.6 Å². The van der Waals surface area contributed by atoms with Crippen LogP contribution in [0.2, 0.25) is 0 Å². The second-order valence-electron chi connectivity index (χ2n) is 4.70. The molecule has 2 aromatic rings. The maximum atomic E-state index is 12.6. The first-order chi connectivity index (χ1) is 9.56. The lowest BCUT2D eigenvalue weighted by Gasteiger charge is -2.15. The third kappa shape index (κ3) is 4.12. The van der Waals surface area contributed by atoms with Crippen LogP contribution >= 0.6 is 15.9 Å². The highest BCUT2D eigenvalue weighted by Crippen LogP contribution is 2.20. The van der Waals surface area contributed by atoms with Crippen molar-refractivity contribution in [3.8, 4) is 0 Å². The van der Waals surface area contributed by atoms with Gasteiger partial charge in [-0.1, -0.05) is 46.3 Å². The quantitative estimate of drug-likeness (QED) is 0.785. The smallest absolute Gasteiger partial charge is 0.263 e. The van der Waals surface area contributed by atoms with Gasteiger partial charge in [0.2, 0.25) is 0 Å². The van der Waals surface area contributed by atoms with E-state index in [2.05, 4.69) is 28.2 Å². The molecule has 2 rings (SSSR count). The Kier molecular flexibility index (Phi) is 5.26. The molecule has 0 spiro atoms. The van der Waals surface area contributed by atoms with Crippen molar-refractivity contribution < 1.29 is 8.78 Å². The fourth-order valence-corrected chi connectivity index (χ4v) is 2.24. The molecule has 0 aliphatic carbocycles. The summed E-state index contributed by atoms with van der Waals surface area (Å²) >= 11 is 3.40. The molecule has 0 heterocycles. The lowest BCUT2D eigenvalue weighted by Crippen LogP contribution is -2.18. The van der Waals surface area contributed by atoms with Crippen molar-refractivity contribution in [2.45, 2.75) is 25.9 Å². The summed E-state index contributed by atoms with van der Waals surface area (Å²) in [5.74, 6) is 0. The maximum absolute atomic E-state index is 12.6. The fraction of sp³-hybridized carbons (Fsp3) is 0.250. The van der Waals surface area contributed by atoms with Crippen LogP contribution in [0.3, 0.4) is 0 Å². The molecular weight excluding hydrogens is 324 g/mol. The van der Waals surface area contributed by atoms with E-state index in [0.717, 1.165) is 10.0 Å². The van der Waals surface area contributed by atoms with Gasteiger partial charge in [-0.2, -0.15) is 0 Å². The molecule has 106 valence electrons. The molecule has 0 radical (unpaired) electrons. The van der Waals surface area contributed by atoms with Crippen molar-refractivity contribution in [1.82, 2.24) is 5.32 Å². The van der Waals surface area contributed by atoms with Crippen molar-refractivity contribution >= 4 is 15.9 Å². The van der Waals surface area contributed by atoms with E-state index >= 15 is 0 Å². The lowest BCUT2D eigenvalue weighted by atomic mass is 10.1. The van der Waals surface area contributed by atoms with Gasteiger partial charge in [0.05, 0.1) is 0 Å². The zero-order chi connectivity index (χ0) is 14.5. The molecule has 0 amide bonds. The van der Waals surface area contributed by atoms with Crippen LogP contribution in [0.25, 0.3) is 0 Å². The lowest BCUT2D eigenvalue weighted by molar-refractivity contribution is 0.151. The molecule has 0 saturated carbocycles. The standard InChI is InChI=1S/C16H16BrF2N/c1-11(13-5-7-15(17)8-6-13)20-10-12-3-2-4-14(9-12)16(18)19/h2-9,11,16,20H,10H2,1H3/t11-/m0/s1. The Morgan fingerprint density at radius 1 is 1.05 bits per heavy atom. The second-order valence-corrected chi connectivity index (χ2v) is 5.62. The molecule has 1 N–H and O–H groups in total. The Hall–Kier alpha value is -1.26. The second kappa shape index (κ2) is 6.95. The predicted octanol–water partition coefficient (Wildman–Crippen LogP) is 5.24. The van der Waals surface area contributed by atoms with Crippen LogP contribution in [-0.2, 0) is 6.54 Å². The summed E-state index contributed by atoms with van der Waals surface area (Å²) in [6, 6.07) is 14.7. The highest BCUT2D eigenvalue weighted by Gasteiger charge is 2.08. The van der Waals surface area contributed by atoms with Gasteiger partial charge in [0.1, 0.15) is 0 Å². The number of halogens is 3. The van der Waals surface area contributed by atoms with Crippen LogP contribution in [0.1, 0.15) is 36.1 Å². The SMILES string of the molecule is C[C@H](NCc1cccc(C(F)F)c1)c1ccc(Br)cc1. The van der Waals surface area contributed by atoms with E-state index in [1.165, 1.54) is 11.6 Å². The molecule has 0 unspecified atom stereocenters. The minimum absolute atomic E-state index is 0.0700. The molecule has 4 heteroatoms. The van der Waals surface area contributed by atoms with Crippen LogP contribution in [0.15, 0.2) is 53.0 Å². The van der Waals surface area contributed by atoms with Crippen LogP contribution < -0.4 is 5.32 Å².